The highest BCUT2D eigenvalue weighted by Gasteiger charge is 2.26. The van der Waals surface area contributed by atoms with E-state index < -0.39 is 16.3 Å². The van der Waals surface area contributed by atoms with Gasteiger partial charge in [-0.2, -0.15) is 4.72 Å². The van der Waals surface area contributed by atoms with Gasteiger partial charge in [0, 0.05) is 23.3 Å². The molecule has 1 amide bonds. The predicted octanol–water partition coefficient (Wildman–Crippen LogP) is 1.12. The Hall–Kier alpha value is -1.74. The molecule has 1 aromatic rings. The lowest BCUT2D eigenvalue weighted by molar-refractivity contribution is -0.112. The number of hydrogen-bond donors (Lipinski definition) is 4. The summed E-state index contributed by atoms with van der Waals surface area (Å²) in [4.78, 5) is 11.7. The lowest BCUT2D eigenvalue weighted by atomic mass is 10.1. The molecule has 2 unspecified atom stereocenters. The van der Waals surface area contributed by atoms with Gasteiger partial charge in [0.05, 0.1) is 4.90 Å². The fourth-order valence-electron chi connectivity index (χ4n) is 2.53. The molecule has 0 aromatic heterocycles. The quantitative estimate of drug-likeness (QED) is 0.595. The predicted molar refractivity (Wildman–Crippen MR) is 93.8 cm³/mol. The number of nitrogens with one attached hydrogen (secondary N) is 4. The first-order valence-electron chi connectivity index (χ1n) is 7.79. The highest BCUT2D eigenvalue weighted by molar-refractivity contribution is 7.89. The molecule has 2 atom stereocenters. The van der Waals surface area contributed by atoms with Crippen molar-refractivity contribution in [1.29, 1.82) is 0 Å². The van der Waals surface area contributed by atoms with Crippen LogP contribution >= 0.6 is 0 Å². The summed E-state index contributed by atoms with van der Waals surface area (Å²) in [5.41, 5.74) is 0.893. The lowest BCUT2D eigenvalue weighted by Gasteiger charge is -2.34. The van der Waals surface area contributed by atoms with Gasteiger partial charge in [0.1, 0.15) is 6.29 Å². The van der Waals surface area contributed by atoms with E-state index in [1.165, 1.54) is 12.1 Å². The van der Waals surface area contributed by atoms with Crippen molar-refractivity contribution in [3.8, 4) is 0 Å². The molecule has 0 saturated carbocycles. The number of amides is 1. The average Bonchev–Trinajstić information content (AvgIpc) is 2.46. The second kappa shape index (κ2) is 7.43. The minimum atomic E-state index is -3.67. The highest BCUT2D eigenvalue weighted by atomic mass is 32.2. The molecule has 1 fully saturated rings. The standard InChI is InChI=1S/C16H24N4O3S/c1-10(2)15(21)19-13-5-7-14(8-6-13)24(22,23)20-16-17-11(3)9-12(4)18-16/h5-8,11-12,16-18,20H,1,9H2,2-4H3,(H,19,21). The minimum Gasteiger partial charge on any atom is -0.322 e. The molecule has 0 radical (unpaired) electrons. The second-order valence-electron chi connectivity index (χ2n) is 6.18. The van der Waals surface area contributed by atoms with Gasteiger partial charge in [-0.05, 0) is 51.5 Å². The Balaban J connectivity index is 2.06. The third kappa shape index (κ3) is 4.88. The van der Waals surface area contributed by atoms with Gasteiger partial charge in [0.2, 0.25) is 10.0 Å². The molecule has 132 valence electrons. The zero-order valence-electron chi connectivity index (χ0n) is 14.1. The summed E-state index contributed by atoms with van der Waals surface area (Å²) >= 11 is 0. The van der Waals surface area contributed by atoms with Gasteiger partial charge < -0.3 is 5.32 Å². The summed E-state index contributed by atoms with van der Waals surface area (Å²) in [6.45, 7) is 9.18. The first-order chi connectivity index (χ1) is 11.2. The van der Waals surface area contributed by atoms with Gasteiger partial charge in [-0.15, -0.1) is 0 Å². The number of hydrogen-bond acceptors (Lipinski definition) is 5. The van der Waals surface area contributed by atoms with Crippen molar-refractivity contribution in [3.63, 3.8) is 0 Å². The summed E-state index contributed by atoms with van der Waals surface area (Å²) in [7, 11) is -3.67. The number of anilines is 1. The molecule has 0 bridgehead atoms. The van der Waals surface area contributed by atoms with Crippen LogP contribution in [0.3, 0.4) is 0 Å². The van der Waals surface area contributed by atoms with E-state index in [0.717, 1.165) is 6.42 Å². The monoisotopic (exact) mass is 352 g/mol. The first-order valence-corrected chi connectivity index (χ1v) is 9.27. The van der Waals surface area contributed by atoms with Crippen molar-refractivity contribution in [3.05, 3.63) is 36.4 Å². The Morgan fingerprint density at radius 1 is 1.17 bits per heavy atom. The van der Waals surface area contributed by atoms with Crippen LogP contribution < -0.4 is 20.7 Å². The van der Waals surface area contributed by atoms with E-state index in [4.69, 9.17) is 0 Å². The summed E-state index contributed by atoms with van der Waals surface area (Å²) in [5.74, 6) is -0.303. The second-order valence-corrected chi connectivity index (χ2v) is 7.90. The van der Waals surface area contributed by atoms with Crippen LogP contribution in [0.2, 0.25) is 0 Å². The maximum atomic E-state index is 12.5. The maximum Gasteiger partial charge on any atom is 0.250 e. The van der Waals surface area contributed by atoms with Crippen LogP contribution in [0.5, 0.6) is 0 Å². The van der Waals surface area contributed by atoms with Gasteiger partial charge in [0.15, 0.2) is 0 Å². The molecule has 1 heterocycles. The highest BCUT2D eigenvalue weighted by Crippen LogP contribution is 2.15. The Morgan fingerprint density at radius 2 is 1.71 bits per heavy atom. The molecule has 1 aliphatic rings. The number of sulfonamides is 1. The Labute approximate surface area is 143 Å². The van der Waals surface area contributed by atoms with E-state index in [2.05, 4.69) is 27.3 Å². The van der Waals surface area contributed by atoms with Gasteiger partial charge in [-0.1, -0.05) is 6.58 Å². The van der Waals surface area contributed by atoms with E-state index in [1.807, 2.05) is 13.8 Å². The van der Waals surface area contributed by atoms with Crippen molar-refractivity contribution in [2.45, 2.75) is 50.5 Å². The normalized spacial score (nSPS) is 24.4. The van der Waals surface area contributed by atoms with Gasteiger partial charge in [-0.3, -0.25) is 15.4 Å². The smallest absolute Gasteiger partial charge is 0.250 e. The number of rotatable bonds is 5. The van der Waals surface area contributed by atoms with Crippen LogP contribution in [-0.2, 0) is 14.8 Å². The van der Waals surface area contributed by atoms with E-state index in [9.17, 15) is 13.2 Å². The summed E-state index contributed by atoms with van der Waals surface area (Å²) in [5, 5.41) is 8.94. The molecule has 0 spiro atoms. The van der Waals surface area contributed by atoms with Gasteiger partial charge >= 0.3 is 0 Å². The number of carbonyl (C=O) groups excluding carboxylic acids is 1. The molecule has 4 N–H and O–H groups in total. The number of carbonyl (C=O) groups is 1. The molecule has 0 aliphatic carbocycles. The first kappa shape index (κ1) is 18.6. The SMILES string of the molecule is C=C(C)C(=O)Nc1ccc(S(=O)(=O)NC2NC(C)CC(C)N2)cc1. The zero-order chi connectivity index (χ0) is 17.9. The van der Waals surface area contributed by atoms with E-state index in [1.54, 1.807) is 19.1 Å². The molecule has 2 rings (SSSR count). The zero-order valence-corrected chi connectivity index (χ0v) is 14.9. The van der Waals surface area contributed by atoms with E-state index in [-0.39, 0.29) is 22.9 Å². The lowest BCUT2D eigenvalue weighted by Crippen LogP contribution is -2.63. The fraction of sp³-hybridized carbons (Fsp3) is 0.438. The summed E-state index contributed by atoms with van der Waals surface area (Å²) < 4.78 is 27.5. The van der Waals surface area contributed by atoms with Crippen molar-refractivity contribution in [2.24, 2.45) is 0 Å². The summed E-state index contributed by atoms with van der Waals surface area (Å²) in [6.07, 6.45) is 0.409. The average molecular weight is 352 g/mol. The molecule has 8 heteroatoms. The molecule has 1 aliphatic heterocycles. The van der Waals surface area contributed by atoms with Crippen molar-refractivity contribution < 1.29 is 13.2 Å². The third-order valence-corrected chi connectivity index (χ3v) is 5.13. The Kier molecular flexibility index (Phi) is 5.76. The van der Waals surface area contributed by atoms with Crippen LogP contribution in [0.1, 0.15) is 27.2 Å². The van der Waals surface area contributed by atoms with Crippen LogP contribution in [0.25, 0.3) is 0 Å². The molecule has 7 nitrogen and oxygen atoms in total. The minimum absolute atomic E-state index is 0.130. The van der Waals surface area contributed by atoms with Crippen molar-refractivity contribution in [2.75, 3.05) is 5.32 Å². The Morgan fingerprint density at radius 3 is 2.21 bits per heavy atom. The molecular weight excluding hydrogens is 328 g/mol. The fourth-order valence-corrected chi connectivity index (χ4v) is 3.61. The van der Waals surface area contributed by atoms with Crippen molar-refractivity contribution in [1.82, 2.24) is 15.4 Å². The van der Waals surface area contributed by atoms with Crippen LogP contribution in [0.4, 0.5) is 5.69 Å². The number of benzene rings is 1. The third-order valence-electron chi connectivity index (χ3n) is 3.69. The molecule has 1 aromatic carbocycles. The maximum absolute atomic E-state index is 12.5. The molecule has 24 heavy (non-hydrogen) atoms. The van der Waals surface area contributed by atoms with Crippen LogP contribution in [-0.4, -0.2) is 32.7 Å². The van der Waals surface area contributed by atoms with Gasteiger partial charge in [0.25, 0.3) is 5.91 Å². The largest absolute Gasteiger partial charge is 0.322 e. The topological polar surface area (TPSA) is 99.3 Å². The Bertz CT molecular complexity index is 705. The van der Waals surface area contributed by atoms with E-state index in [0.29, 0.717) is 11.3 Å². The summed E-state index contributed by atoms with van der Waals surface area (Å²) in [6, 6.07) is 6.42. The van der Waals surface area contributed by atoms with E-state index >= 15 is 0 Å². The van der Waals surface area contributed by atoms with Crippen LogP contribution in [0.15, 0.2) is 41.3 Å². The van der Waals surface area contributed by atoms with Crippen LogP contribution in [0, 0.1) is 0 Å². The molecular formula is C16H24N4O3S. The molecule has 1 saturated heterocycles. The van der Waals surface area contributed by atoms with Crippen molar-refractivity contribution >= 4 is 21.6 Å². The van der Waals surface area contributed by atoms with Gasteiger partial charge in [-0.25, -0.2) is 8.42 Å².